The van der Waals surface area contributed by atoms with Gasteiger partial charge in [0.1, 0.15) is 17.0 Å². The summed E-state index contributed by atoms with van der Waals surface area (Å²) in [5.41, 5.74) is -0.324. The van der Waals surface area contributed by atoms with Crippen molar-refractivity contribution < 1.29 is 23.5 Å². The van der Waals surface area contributed by atoms with Crippen LogP contribution < -0.4 is 10.7 Å². The van der Waals surface area contributed by atoms with Crippen molar-refractivity contribution in [2.45, 2.75) is 52.2 Å². The number of esters is 1. The summed E-state index contributed by atoms with van der Waals surface area (Å²) in [6.07, 6.45) is 2.65. The van der Waals surface area contributed by atoms with E-state index in [9.17, 15) is 18.8 Å². The molecule has 1 heterocycles. The summed E-state index contributed by atoms with van der Waals surface area (Å²) in [6, 6.07) is 2.79. The van der Waals surface area contributed by atoms with Crippen molar-refractivity contribution in [3.05, 3.63) is 52.1 Å². The third-order valence-electron chi connectivity index (χ3n) is 4.78. The molecule has 0 radical (unpaired) electrons. The van der Waals surface area contributed by atoms with Crippen molar-refractivity contribution >= 4 is 28.5 Å². The number of halogens is 1. The van der Waals surface area contributed by atoms with Gasteiger partial charge in [0, 0.05) is 29.7 Å². The van der Waals surface area contributed by atoms with E-state index in [4.69, 9.17) is 9.47 Å². The first-order chi connectivity index (χ1) is 14.5. The van der Waals surface area contributed by atoms with E-state index in [1.165, 1.54) is 6.20 Å². The highest BCUT2D eigenvalue weighted by atomic mass is 19.1. The van der Waals surface area contributed by atoms with Crippen LogP contribution in [0.25, 0.3) is 16.5 Å². The molecule has 1 saturated carbocycles. The summed E-state index contributed by atoms with van der Waals surface area (Å²) < 4.78 is 26.9. The van der Waals surface area contributed by atoms with E-state index in [1.807, 2.05) is 4.57 Å². The molecule has 166 valence electrons. The molecule has 0 unspecified atom stereocenters. The minimum absolute atomic E-state index is 0.0219. The highest BCUT2D eigenvalue weighted by molar-refractivity contribution is 5.94. The average molecular weight is 430 g/mol. The molecule has 8 heteroatoms. The predicted octanol–water partition coefficient (Wildman–Crippen LogP) is 4.19. The Morgan fingerprint density at radius 1 is 1.26 bits per heavy atom. The maximum Gasteiger partial charge on any atom is 0.407 e. The zero-order valence-electron chi connectivity index (χ0n) is 18.2. The fraction of sp³-hybridized carbons (Fsp3) is 0.435. The van der Waals surface area contributed by atoms with Crippen molar-refractivity contribution in [3.63, 3.8) is 0 Å². The number of hydrogen-bond donors (Lipinski definition) is 1. The van der Waals surface area contributed by atoms with E-state index in [2.05, 4.69) is 11.9 Å². The molecule has 3 rings (SSSR count). The Kier molecular flexibility index (Phi) is 6.20. The number of benzene rings is 1. The molecule has 0 bridgehead atoms. The fourth-order valence-corrected chi connectivity index (χ4v) is 3.24. The summed E-state index contributed by atoms with van der Waals surface area (Å²) in [6.45, 7) is 10.9. The third kappa shape index (κ3) is 5.13. The molecule has 1 aliphatic rings. The van der Waals surface area contributed by atoms with Crippen LogP contribution in [0.3, 0.4) is 0 Å². The summed E-state index contributed by atoms with van der Waals surface area (Å²) in [5.74, 6) is -1.39. The van der Waals surface area contributed by atoms with E-state index >= 15 is 0 Å². The van der Waals surface area contributed by atoms with Gasteiger partial charge in [-0.25, -0.2) is 14.0 Å². The predicted molar refractivity (Wildman–Crippen MR) is 116 cm³/mol. The Morgan fingerprint density at radius 2 is 1.94 bits per heavy atom. The number of amides is 1. The van der Waals surface area contributed by atoms with Gasteiger partial charge in [0.05, 0.1) is 12.1 Å². The lowest BCUT2D eigenvalue weighted by Crippen LogP contribution is -2.33. The van der Waals surface area contributed by atoms with E-state index in [1.54, 1.807) is 33.8 Å². The number of ether oxygens (including phenoxy) is 2. The number of alkyl carbamates (subject to hydrolysis) is 1. The molecule has 0 saturated heterocycles. The molecule has 0 aliphatic heterocycles. The fourth-order valence-electron chi connectivity index (χ4n) is 3.24. The Hall–Kier alpha value is -3.16. The van der Waals surface area contributed by atoms with Crippen molar-refractivity contribution in [2.75, 3.05) is 13.2 Å². The number of hydrogen-bond acceptors (Lipinski definition) is 5. The standard InChI is InChI=1S/C23H27FN2O5/c1-6-30-21(28)17-12-26(14-7-8-14)19-10-15(18(24)9-16(19)20(17)27)13(2)11-25-22(29)31-23(3,4)5/h9-10,12,14H,2,6-8,11H2,1,3-5H3,(H,25,29). The SMILES string of the molecule is C=C(CNC(=O)OC(C)(C)C)c1cc2c(cc1F)c(=O)c(C(=O)OCC)cn2C1CC1. The van der Waals surface area contributed by atoms with Crippen LogP contribution in [-0.4, -0.2) is 35.4 Å². The first kappa shape index (κ1) is 22.5. The van der Waals surface area contributed by atoms with Gasteiger partial charge in [-0.1, -0.05) is 6.58 Å². The lowest BCUT2D eigenvalue weighted by atomic mass is 10.0. The minimum atomic E-state index is -0.723. The number of nitrogens with zero attached hydrogens (tertiary/aromatic N) is 1. The van der Waals surface area contributed by atoms with Gasteiger partial charge < -0.3 is 19.4 Å². The van der Waals surface area contributed by atoms with E-state index < -0.39 is 28.9 Å². The lowest BCUT2D eigenvalue weighted by molar-refractivity contribution is 0.0518. The molecule has 1 fully saturated rings. The van der Waals surface area contributed by atoms with E-state index in [0.29, 0.717) is 11.1 Å². The second-order valence-electron chi connectivity index (χ2n) is 8.54. The topological polar surface area (TPSA) is 86.6 Å². The number of aromatic nitrogens is 1. The molecule has 1 aromatic heterocycles. The maximum atomic E-state index is 14.9. The minimum Gasteiger partial charge on any atom is -0.462 e. The second-order valence-corrected chi connectivity index (χ2v) is 8.54. The quantitative estimate of drug-likeness (QED) is 0.695. The number of carbonyl (C=O) groups excluding carboxylic acids is 2. The van der Waals surface area contributed by atoms with Gasteiger partial charge in [-0.2, -0.15) is 0 Å². The average Bonchev–Trinajstić information content (AvgIpc) is 3.50. The van der Waals surface area contributed by atoms with Crippen molar-refractivity contribution in [2.24, 2.45) is 0 Å². The van der Waals surface area contributed by atoms with Crippen molar-refractivity contribution in [1.29, 1.82) is 0 Å². The van der Waals surface area contributed by atoms with Gasteiger partial charge in [0.25, 0.3) is 0 Å². The zero-order valence-corrected chi connectivity index (χ0v) is 18.2. The number of carbonyl (C=O) groups is 2. The number of nitrogens with one attached hydrogen (secondary N) is 1. The first-order valence-electron chi connectivity index (χ1n) is 10.2. The number of pyridine rings is 1. The van der Waals surface area contributed by atoms with Crippen LogP contribution in [0.1, 0.15) is 62.5 Å². The molecule has 2 aromatic rings. The van der Waals surface area contributed by atoms with Crippen LogP contribution >= 0.6 is 0 Å². The van der Waals surface area contributed by atoms with Gasteiger partial charge >= 0.3 is 12.1 Å². The largest absolute Gasteiger partial charge is 0.462 e. The van der Waals surface area contributed by atoms with Crippen molar-refractivity contribution in [3.8, 4) is 0 Å². The normalized spacial score (nSPS) is 13.7. The maximum absolute atomic E-state index is 14.9. The van der Waals surface area contributed by atoms with Gasteiger partial charge in [-0.05, 0) is 58.2 Å². The first-order valence-corrected chi connectivity index (χ1v) is 10.2. The van der Waals surface area contributed by atoms with Crippen LogP contribution in [0, 0.1) is 5.82 Å². The van der Waals surface area contributed by atoms with Crippen LogP contribution in [-0.2, 0) is 9.47 Å². The highest BCUT2D eigenvalue weighted by Crippen LogP contribution is 2.37. The second kappa shape index (κ2) is 8.53. The summed E-state index contributed by atoms with van der Waals surface area (Å²) in [5, 5.41) is 2.66. The molecular weight excluding hydrogens is 403 g/mol. The van der Waals surface area contributed by atoms with Gasteiger partial charge in [0.2, 0.25) is 5.43 Å². The summed E-state index contributed by atoms with van der Waals surface area (Å²) in [4.78, 5) is 36.9. The summed E-state index contributed by atoms with van der Waals surface area (Å²) in [7, 11) is 0. The highest BCUT2D eigenvalue weighted by Gasteiger charge is 2.28. The monoisotopic (exact) mass is 430 g/mol. The van der Waals surface area contributed by atoms with Crippen LogP contribution in [0.5, 0.6) is 0 Å². The molecule has 1 amide bonds. The van der Waals surface area contributed by atoms with Gasteiger partial charge in [-0.3, -0.25) is 4.79 Å². The molecule has 1 N–H and O–H groups in total. The van der Waals surface area contributed by atoms with Crippen LogP contribution in [0.4, 0.5) is 9.18 Å². The number of fused-ring (bicyclic) bond motifs is 1. The molecule has 0 spiro atoms. The molecule has 0 atom stereocenters. The molecule has 1 aromatic carbocycles. The number of rotatable bonds is 6. The van der Waals surface area contributed by atoms with Crippen molar-refractivity contribution in [1.82, 2.24) is 9.88 Å². The van der Waals surface area contributed by atoms with Gasteiger partial charge in [0.15, 0.2) is 0 Å². The van der Waals surface area contributed by atoms with E-state index in [0.717, 1.165) is 18.9 Å². The lowest BCUT2D eigenvalue weighted by Gasteiger charge is -2.20. The Morgan fingerprint density at radius 3 is 2.52 bits per heavy atom. The molecule has 1 aliphatic carbocycles. The smallest absolute Gasteiger partial charge is 0.407 e. The summed E-state index contributed by atoms with van der Waals surface area (Å²) >= 11 is 0. The molecular formula is C23H27FN2O5. The third-order valence-corrected chi connectivity index (χ3v) is 4.78. The van der Waals surface area contributed by atoms with Crippen LogP contribution in [0.2, 0.25) is 0 Å². The Labute approximate surface area is 179 Å². The zero-order chi connectivity index (χ0) is 22.9. The van der Waals surface area contributed by atoms with Gasteiger partial charge in [-0.15, -0.1) is 0 Å². The van der Waals surface area contributed by atoms with E-state index in [-0.39, 0.29) is 35.7 Å². The van der Waals surface area contributed by atoms with Crippen LogP contribution in [0.15, 0.2) is 29.7 Å². The molecule has 7 nitrogen and oxygen atoms in total. The molecule has 31 heavy (non-hydrogen) atoms. The Bertz CT molecular complexity index is 1110. The Balaban J connectivity index is 1.97.